The summed E-state index contributed by atoms with van der Waals surface area (Å²) < 4.78 is 0. The predicted octanol–water partition coefficient (Wildman–Crippen LogP) is 2.80. The van der Waals surface area contributed by atoms with Crippen LogP contribution in [0.25, 0.3) is 0 Å². The molecule has 1 aromatic rings. The molecule has 1 aromatic carbocycles. The lowest BCUT2D eigenvalue weighted by molar-refractivity contribution is -0.134. The van der Waals surface area contributed by atoms with Crippen LogP contribution in [0, 0.1) is 5.92 Å². The zero-order valence-corrected chi connectivity index (χ0v) is 15.1. The van der Waals surface area contributed by atoms with Crippen molar-refractivity contribution in [3.05, 3.63) is 29.3 Å². The van der Waals surface area contributed by atoms with Gasteiger partial charge in [0, 0.05) is 36.9 Å². The highest BCUT2D eigenvalue weighted by atomic mass is 35.5. The van der Waals surface area contributed by atoms with Gasteiger partial charge in [-0.05, 0) is 49.6 Å². The molecule has 0 radical (unpaired) electrons. The van der Waals surface area contributed by atoms with Gasteiger partial charge in [-0.2, -0.15) is 0 Å². The van der Waals surface area contributed by atoms with Crippen LogP contribution in [-0.2, 0) is 4.79 Å². The number of hydrogen-bond donors (Lipinski definition) is 1. The van der Waals surface area contributed by atoms with Crippen LogP contribution in [0.3, 0.4) is 0 Å². The van der Waals surface area contributed by atoms with Crippen molar-refractivity contribution in [2.24, 2.45) is 5.92 Å². The van der Waals surface area contributed by atoms with Crippen molar-refractivity contribution in [2.45, 2.75) is 25.8 Å². The average Bonchev–Trinajstić information content (AvgIpc) is 2.55. The number of benzene rings is 1. The second kappa shape index (κ2) is 8.22. The van der Waals surface area contributed by atoms with Gasteiger partial charge in [0.05, 0.1) is 6.04 Å². The second-order valence-corrected chi connectivity index (χ2v) is 6.86. The summed E-state index contributed by atoms with van der Waals surface area (Å²) in [5.74, 6) is 0.924. The standard InChI is InChI=1S/C17H24ClN3O.ClH/c1-13-6-7-19-16(12-13)17(22)21-10-8-20(9-11-21)15-4-2-14(18)3-5-15;/h2-5,13,16,19H,6-12H2,1H3;1H. The SMILES string of the molecule is CC1CCNC(C(=O)N2CCN(c3ccc(Cl)cc3)CC2)C1.Cl. The Kier molecular flexibility index (Phi) is 6.57. The summed E-state index contributed by atoms with van der Waals surface area (Å²) in [6.07, 6.45) is 2.14. The lowest BCUT2D eigenvalue weighted by Gasteiger charge is -2.39. The number of piperazine rings is 1. The van der Waals surface area contributed by atoms with Gasteiger partial charge in [-0.15, -0.1) is 12.4 Å². The number of nitrogens with zero attached hydrogens (tertiary/aromatic N) is 2. The zero-order valence-electron chi connectivity index (χ0n) is 13.5. The van der Waals surface area contributed by atoms with E-state index < -0.39 is 0 Å². The van der Waals surface area contributed by atoms with E-state index in [9.17, 15) is 4.79 Å². The maximum atomic E-state index is 12.6. The van der Waals surface area contributed by atoms with E-state index in [1.165, 1.54) is 12.1 Å². The van der Waals surface area contributed by atoms with Crippen LogP contribution in [0.15, 0.2) is 24.3 Å². The third-order valence-corrected chi connectivity index (χ3v) is 5.00. The first-order chi connectivity index (χ1) is 10.6. The molecule has 6 heteroatoms. The van der Waals surface area contributed by atoms with Crippen molar-refractivity contribution in [1.29, 1.82) is 0 Å². The highest BCUT2D eigenvalue weighted by molar-refractivity contribution is 6.30. The van der Waals surface area contributed by atoms with Crippen molar-refractivity contribution in [3.63, 3.8) is 0 Å². The predicted molar refractivity (Wildman–Crippen MR) is 97.7 cm³/mol. The van der Waals surface area contributed by atoms with Crippen molar-refractivity contribution >= 4 is 35.6 Å². The molecule has 2 saturated heterocycles. The highest BCUT2D eigenvalue weighted by Gasteiger charge is 2.30. The minimum Gasteiger partial charge on any atom is -0.368 e. The minimum absolute atomic E-state index is 0. The third kappa shape index (κ3) is 4.52. The smallest absolute Gasteiger partial charge is 0.239 e. The van der Waals surface area contributed by atoms with E-state index in [0.717, 1.165) is 44.2 Å². The van der Waals surface area contributed by atoms with Gasteiger partial charge in [-0.3, -0.25) is 4.79 Å². The fraction of sp³-hybridized carbons (Fsp3) is 0.588. The molecule has 0 spiro atoms. The molecular formula is C17H25Cl2N3O. The minimum atomic E-state index is 0. The number of rotatable bonds is 2. The largest absolute Gasteiger partial charge is 0.368 e. The lowest BCUT2D eigenvalue weighted by atomic mass is 9.93. The maximum absolute atomic E-state index is 12.6. The Morgan fingerprint density at radius 2 is 1.83 bits per heavy atom. The number of nitrogens with one attached hydrogen (secondary N) is 1. The molecule has 0 bridgehead atoms. The zero-order chi connectivity index (χ0) is 15.5. The molecule has 2 atom stereocenters. The van der Waals surface area contributed by atoms with Crippen LogP contribution in [-0.4, -0.2) is 49.6 Å². The molecule has 0 aliphatic carbocycles. The fourth-order valence-corrected chi connectivity index (χ4v) is 3.48. The second-order valence-electron chi connectivity index (χ2n) is 6.43. The average molecular weight is 358 g/mol. The number of halogens is 2. The molecule has 2 aliphatic heterocycles. The molecule has 1 N–H and O–H groups in total. The van der Waals surface area contributed by atoms with Gasteiger partial charge in [-0.1, -0.05) is 18.5 Å². The molecule has 128 valence electrons. The maximum Gasteiger partial charge on any atom is 0.239 e. The van der Waals surface area contributed by atoms with Gasteiger partial charge < -0.3 is 15.1 Å². The van der Waals surface area contributed by atoms with Crippen molar-refractivity contribution < 1.29 is 4.79 Å². The first-order valence-corrected chi connectivity index (χ1v) is 8.54. The van der Waals surface area contributed by atoms with Crippen LogP contribution < -0.4 is 10.2 Å². The number of carbonyl (C=O) groups is 1. The lowest BCUT2D eigenvalue weighted by Crippen LogP contribution is -2.55. The van der Waals surface area contributed by atoms with E-state index in [4.69, 9.17) is 11.6 Å². The Balaban J connectivity index is 0.00000192. The molecule has 2 heterocycles. The third-order valence-electron chi connectivity index (χ3n) is 4.75. The van der Waals surface area contributed by atoms with Crippen LogP contribution in [0.4, 0.5) is 5.69 Å². The van der Waals surface area contributed by atoms with Crippen LogP contribution in [0.5, 0.6) is 0 Å². The summed E-state index contributed by atoms with van der Waals surface area (Å²) in [6, 6.07) is 7.95. The Hall–Kier alpha value is -0.970. The monoisotopic (exact) mass is 357 g/mol. The Morgan fingerprint density at radius 1 is 1.17 bits per heavy atom. The molecule has 1 amide bonds. The highest BCUT2D eigenvalue weighted by Crippen LogP contribution is 2.21. The van der Waals surface area contributed by atoms with Crippen LogP contribution in [0.2, 0.25) is 5.02 Å². The molecular weight excluding hydrogens is 333 g/mol. The van der Waals surface area contributed by atoms with Gasteiger partial charge in [0.2, 0.25) is 5.91 Å². The van der Waals surface area contributed by atoms with Crippen molar-refractivity contribution in [3.8, 4) is 0 Å². The number of anilines is 1. The fourth-order valence-electron chi connectivity index (χ4n) is 3.35. The number of amides is 1. The first kappa shape index (κ1) is 18.4. The first-order valence-electron chi connectivity index (χ1n) is 8.16. The normalized spacial score (nSPS) is 25.0. The van der Waals surface area contributed by atoms with Gasteiger partial charge in [0.15, 0.2) is 0 Å². The summed E-state index contributed by atoms with van der Waals surface area (Å²) in [5, 5.41) is 4.14. The molecule has 23 heavy (non-hydrogen) atoms. The number of carbonyl (C=O) groups excluding carboxylic acids is 1. The summed E-state index contributed by atoms with van der Waals surface area (Å²) in [5.41, 5.74) is 1.18. The van der Waals surface area contributed by atoms with Gasteiger partial charge in [0.1, 0.15) is 0 Å². The Bertz CT molecular complexity index is 515. The number of piperidine rings is 1. The van der Waals surface area contributed by atoms with E-state index >= 15 is 0 Å². The summed E-state index contributed by atoms with van der Waals surface area (Å²) in [7, 11) is 0. The summed E-state index contributed by atoms with van der Waals surface area (Å²) in [4.78, 5) is 16.9. The Labute approximate surface area is 149 Å². The molecule has 0 saturated carbocycles. The van der Waals surface area contributed by atoms with Gasteiger partial charge >= 0.3 is 0 Å². The van der Waals surface area contributed by atoms with Gasteiger partial charge in [0.25, 0.3) is 0 Å². The quantitative estimate of drug-likeness (QED) is 0.883. The molecule has 0 aromatic heterocycles. The van der Waals surface area contributed by atoms with E-state index in [1.54, 1.807) is 0 Å². The summed E-state index contributed by atoms with van der Waals surface area (Å²) in [6.45, 7) is 6.56. The van der Waals surface area contributed by atoms with E-state index in [2.05, 4.69) is 17.1 Å². The number of hydrogen-bond acceptors (Lipinski definition) is 3. The Morgan fingerprint density at radius 3 is 2.43 bits per heavy atom. The van der Waals surface area contributed by atoms with E-state index in [-0.39, 0.29) is 24.4 Å². The molecule has 2 fully saturated rings. The molecule has 2 unspecified atom stereocenters. The van der Waals surface area contributed by atoms with Crippen LogP contribution in [0.1, 0.15) is 19.8 Å². The topological polar surface area (TPSA) is 35.6 Å². The van der Waals surface area contributed by atoms with E-state index in [1.807, 2.05) is 29.2 Å². The molecule has 3 rings (SSSR count). The van der Waals surface area contributed by atoms with Gasteiger partial charge in [-0.25, -0.2) is 0 Å². The van der Waals surface area contributed by atoms with E-state index in [0.29, 0.717) is 5.92 Å². The van der Waals surface area contributed by atoms with Crippen molar-refractivity contribution in [2.75, 3.05) is 37.6 Å². The molecule has 2 aliphatic rings. The van der Waals surface area contributed by atoms with Crippen LogP contribution >= 0.6 is 24.0 Å². The summed E-state index contributed by atoms with van der Waals surface area (Å²) >= 11 is 5.93. The van der Waals surface area contributed by atoms with Crippen molar-refractivity contribution in [1.82, 2.24) is 10.2 Å². The molecule has 4 nitrogen and oxygen atoms in total.